The van der Waals surface area contributed by atoms with Crippen LogP contribution in [0.2, 0.25) is 5.02 Å². The number of nitrogens with one attached hydrogen (secondary N) is 1. The molecule has 0 saturated carbocycles. The monoisotopic (exact) mass is 430 g/mol. The Morgan fingerprint density at radius 3 is 2.86 bits per heavy atom. The van der Waals surface area contributed by atoms with Gasteiger partial charge in [-0.25, -0.2) is 0 Å². The average Bonchev–Trinajstić information content (AvgIpc) is 3.14. The van der Waals surface area contributed by atoms with Gasteiger partial charge in [0, 0.05) is 44.1 Å². The molecule has 1 amide bonds. The largest absolute Gasteiger partial charge is 0.493 e. The molecule has 1 aromatic heterocycles. The van der Waals surface area contributed by atoms with E-state index in [4.69, 9.17) is 25.6 Å². The maximum atomic E-state index is 12.4. The number of halogens is 2. The molecule has 0 bridgehead atoms. The molecule has 1 aromatic carbocycles. The lowest BCUT2D eigenvalue weighted by Crippen LogP contribution is -2.51. The van der Waals surface area contributed by atoms with E-state index >= 15 is 0 Å². The summed E-state index contributed by atoms with van der Waals surface area (Å²) in [6.07, 6.45) is 0.728. The second-order valence-corrected chi connectivity index (χ2v) is 6.81. The number of ether oxygens (including phenoxy) is 2. The average molecular weight is 431 g/mol. The van der Waals surface area contributed by atoms with Crippen LogP contribution in [0.1, 0.15) is 19.2 Å². The van der Waals surface area contributed by atoms with Crippen LogP contribution >= 0.6 is 24.0 Å². The first-order valence-corrected chi connectivity index (χ1v) is 9.15. The highest BCUT2D eigenvalue weighted by atomic mass is 35.5. The van der Waals surface area contributed by atoms with E-state index in [9.17, 15) is 4.79 Å². The minimum Gasteiger partial charge on any atom is -0.493 e. The molecule has 154 valence electrons. The van der Waals surface area contributed by atoms with Crippen LogP contribution in [0.25, 0.3) is 11.4 Å². The van der Waals surface area contributed by atoms with Crippen molar-refractivity contribution < 1.29 is 18.8 Å². The molecule has 1 aliphatic heterocycles. The van der Waals surface area contributed by atoms with Crippen molar-refractivity contribution in [2.75, 3.05) is 33.9 Å². The summed E-state index contributed by atoms with van der Waals surface area (Å²) in [6, 6.07) is 3.73. The smallest absolute Gasteiger partial charge is 0.227 e. The predicted molar refractivity (Wildman–Crippen MR) is 107 cm³/mol. The Morgan fingerprint density at radius 2 is 2.18 bits per heavy atom. The van der Waals surface area contributed by atoms with E-state index in [1.165, 1.54) is 14.2 Å². The van der Waals surface area contributed by atoms with Crippen LogP contribution in [0.3, 0.4) is 0 Å². The van der Waals surface area contributed by atoms with E-state index in [1.807, 2.05) is 4.90 Å². The van der Waals surface area contributed by atoms with Gasteiger partial charge in [-0.3, -0.25) is 4.79 Å². The van der Waals surface area contributed by atoms with Crippen molar-refractivity contribution in [2.24, 2.45) is 0 Å². The molecule has 28 heavy (non-hydrogen) atoms. The van der Waals surface area contributed by atoms with Gasteiger partial charge in [-0.1, -0.05) is 16.8 Å². The topological polar surface area (TPSA) is 89.7 Å². The van der Waals surface area contributed by atoms with Crippen LogP contribution in [0, 0.1) is 0 Å². The first-order valence-electron chi connectivity index (χ1n) is 8.77. The second kappa shape index (κ2) is 9.95. The predicted octanol–water partition coefficient (Wildman–Crippen LogP) is 2.58. The minimum absolute atomic E-state index is 0. The number of carbonyl (C=O) groups excluding carboxylic acids is 1. The summed E-state index contributed by atoms with van der Waals surface area (Å²) in [4.78, 5) is 18.6. The number of nitrogens with zero attached hydrogens (tertiary/aromatic N) is 3. The molecule has 2 aromatic rings. The quantitative estimate of drug-likeness (QED) is 0.752. The van der Waals surface area contributed by atoms with Gasteiger partial charge in [-0.2, -0.15) is 4.98 Å². The second-order valence-electron chi connectivity index (χ2n) is 6.40. The summed E-state index contributed by atoms with van der Waals surface area (Å²) in [6.45, 7) is 4.33. The summed E-state index contributed by atoms with van der Waals surface area (Å²) in [7, 11) is 3.05. The molecule has 10 heteroatoms. The van der Waals surface area contributed by atoms with Gasteiger partial charge in [0.2, 0.25) is 17.6 Å². The van der Waals surface area contributed by atoms with Crippen molar-refractivity contribution >= 4 is 29.9 Å². The molecule has 1 unspecified atom stereocenters. The highest BCUT2D eigenvalue weighted by Gasteiger charge is 2.21. The van der Waals surface area contributed by atoms with Gasteiger partial charge < -0.3 is 24.2 Å². The maximum absolute atomic E-state index is 12.4. The Balaban J connectivity index is 0.00000280. The fourth-order valence-electron chi connectivity index (χ4n) is 3.05. The van der Waals surface area contributed by atoms with Crippen molar-refractivity contribution in [3.8, 4) is 22.9 Å². The zero-order chi connectivity index (χ0) is 19.4. The first-order chi connectivity index (χ1) is 13.0. The molecule has 8 nitrogen and oxygen atoms in total. The standard InChI is InChI=1S/C18H23ClN4O4.ClH/c1-11-10-23(7-6-20-11)16(24)5-4-15-21-18(22-27-15)12-8-13(19)17(26-3)14(9-12)25-2;/h8-9,11,20H,4-7,10H2,1-3H3;1H. The van der Waals surface area contributed by atoms with Crippen LogP contribution in [0.15, 0.2) is 16.7 Å². The van der Waals surface area contributed by atoms with Gasteiger partial charge in [-0.05, 0) is 19.1 Å². The third kappa shape index (κ3) is 5.06. The molecule has 1 atom stereocenters. The third-order valence-electron chi connectivity index (χ3n) is 4.43. The van der Waals surface area contributed by atoms with Crippen molar-refractivity contribution in [1.29, 1.82) is 0 Å². The summed E-state index contributed by atoms with van der Waals surface area (Å²) < 4.78 is 15.8. The van der Waals surface area contributed by atoms with Gasteiger partial charge in [-0.15, -0.1) is 12.4 Å². The highest BCUT2D eigenvalue weighted by Crippen LogP contribution is 2.38. The fraction of sp³-hybridized carbons (Fsp3) is 0.500. The first kappa shape index (κ1) is 22.3. The van der Waals surface area contributed by atoms with Crippen LogP contribution in [-0.4, -0.2) is 60.8 Å². The zero-order valence-electron chi connectivity index (χ0n) is 16.0. The number of carbonyl (C=O) groups is 1. The molecule has 0 aliphatic carbocycles. The van der Waals surface area contributed by atoms with Gasteiger partial charge in [0.15, 0.2) is 11.5 Å². The van der Waals surface area contributed by atoms with E-state index in [-0.39, 0.29) is 18.3 Å². The Hall–Kier alpha value is -2.03. The lowest BCUT2D eigenvalue weighted by atomic mass is 10.2. The summed E-state index contributed by atoms with van der Waals surface area (Å²) in [5.74, 6) is 1.82. The van der Waals surface area contributed by atoms with E-state index in [0.717, 1.165) is 19.6 Å². The molecule has 1 N–H and O–H groups in total. The molecule has 2 heterocycles. The van der Waals surface area contributed by atoms with Crippen LogP contribution < -0.4 is 14.8 Å². The number of rotatable bonds is 6. The van der Waals surface area contributed by atoms with Crippen molar-refractivity contribution in [3.05, 3.63) is 23.0 Å². The van der Waals surface area contributed by atoms with Crippen molar-refractivity contribution in [3.63, 3.8) is 0 Å². The summed E-state index contributed by atoms with van der Waals surface area (Å²) in [5.41, 5.74) is 0.648. The van der Waals surface area contributed by atoms with E-state index in [1.54, 1.807) is 12.1 Å². The van der Waals surface area contributed by atoms with Crippen molar-refractivity contribution in [2.45, 2.75) is 25.8 Å². The van der Waals surface area contributed by atoms with Gasteiger partial charge in [0.25, 0.3) is 0 Å². The number of aromatic nitrogens is 2. The number of aryl methyl sites for hydroxylation is 1. The van der Waals surface area contributed by atoms with Crippen LogP contribution in [0.4, 0.5) is 0 Å². The SMILES string of the molecule is COc1cc(-c2noc(CCC(=O)N3CCNC(C)C3)n2)cc(Cl)c1OC.Cl. The Bertz CT molecular complexity index is 815. The summed E-state index contributed by atoms with van der Waals surface area (Å²) >= 11 is 6.22. The molecule has 1 saturated heterocycles. The lowest BCUT2D eigenvalue weighted by molar-refractivity contribution is -0.132. The minimum atomic E-state index is 0. The molecule has 0 spiro atoms. The number of benzene rings is 1. The Morgan fingerprint density at radius 1 is 1.39 bits per heavy atom. The van der Waals surface area contributed by atoms with Gasteiger partial charge in [0.05, 0.1) is 19.2 Å². The molecule has 1 fully saturated rings. The highest BCUT2D eigenvalue weighted by molar-refractivity contribution is 6.32. The van der Waals surface area contributed by atoms with Crippen LogP contribution in [0.5, 0.6) is 11.5 Å². The number of piperazine rings is 1. The number of amides is 1. The molecular weight excluding hydrogens is 407 g/mol. The maximum Gasteiger partial charge on any atom is 0.227 e. The van der Waals surface area contributed by atoms with Crippen molar-refractivity contribution in [1.82, 2.24) is 20.4 Å². The number of hydrogen-bond acceptors (Lipinski definition) is 7. The lowest BCUT2D eigenvalue weighted by Gasteiger charge is -2.31. The van der Waals surface area contributed by atoms with Gasteiger partial charge in [0.1, 0.15) is 0 Å². The third-order valence-corrected chi connectivity index (χ3v) is 4.71. The molecule has 3 rings (SSSR count). The van der Waals surface area contributed by atoms with E-state index < -0.39 is 0 Å². The van der Waals surface area contributed by atoms with Crippen LogP contribution in [-0.2, 0) is 11.2 Å². The number of hydrogen-bond donors (Lipinski definition) is 1. The number of methoxy groups -OCH3 is 2. The van der Waals surface area contributed by atoms with E-state index in [2.05, 4.69) is 22.4 Å². The molecular formula is C18H24Cl2N4O4. The Labute approximate surface area is 174 Å². The summed E-state index contributed by atoms with van der Waals surface area (Å²) in [5, 5.41) is 7.69. The fourth-order valence-corrected chi connectivity index (χ4v) is 3.34. The van der Waals surface area contributed by atoms with E-state index in [0.29, 0.717) is 52.7 Å². The Kier molecular flexibility index (Phi) is 7.91. The normalized spacial score (nSPS) is 16.4. The van der Waals surface area contributed by atoms with Gasteiger partial charge >= 0.3 is 0 Å². The molecule has 0 radical (unpaired) electrons. The molecule has 1 aliphatic rings. The zero-order valence-corrected chi connectivity index (χ0v) is 17.6.